The second kappa shape index (κ2) is 6.49. The summed E-state index contributed by atoms with van der Waals surface area (Å²) in [6, 6.07) is 5.33. The lowest BCUT2D eigenvalue weighted by Crippen LogP contribution is -2.38. The van der Waals surface area contributed by atoms with Crippen molar-refractivity contribution in [3.63, 3.8) is 0 Å². The van der Waals surface area contributed by atoms with Crippen LogP contribution in [0.3, 0.4) is 0 Å². The van der Waals surface area contributed by atoms with Crippen molar-refractivity contribution in [3.8, 4) is 0 Å². The number of nitrogens with two attached hydrogens (primary N) is 1. The molecule has 0 saturated heterocycles. The van der Waals surface area contributed by atoms with Crippen LogP contribution in [0, 0.1) is 0 Å². The van der Waals surface area contributed by atoms with Gasteiger partial charge in [-0.15, -0.1) is 0 Å². The molecule has 1 aromatic carbocycles. The summed E-state index contributed by atoms with van der Waals surface area (Å²) in [5.41, 5.74) is 7.15. The standard InChI is InChI=1S/C12H18BrN3O/c1-3-4-7-15-12(17)16(2)11-6-5-9(13)8-10(11)14/h5-6,8H,3-4,7,14H2,1-2H3,(H,15,17). The molecule has 0 heterocycles. The van der Waals surface area contributed by atoms with Gasteiger partial charge in [-0.05, 0) is 24.6 Å². The minimum atomic E-state index is -0.132. The third-order valence-corrected chi connectivity index (χ3v) is 2.96. The number of nitrogens with one attached hydrogen (secondary N) is 1. The number of amides is 2. The van der Waals surface area contributed by atoms with Gasteiger partial charge in [0.2, 0.25) is 0 Å². The number of carbonyl (C=O) groups excluding carboxylic acids is 1. The fourth-order valence-corrected chi connectivity index (χ4v) is 1.81. The molecule has 0 atom stereocenters. The Kier molecular flexibility index (Phi) is 5.28. The fraction of sp³-hybridized carbons (Fsp3) is 0.417. The Labute approximate surface area is 110 Å². The van der Waals surface area contributed by atoms with E-state index in [0.717, 1.165) is 17.3 Å². The average molecular weight is 300 g/mol. The summed E-state index contributed by atoms with van der Waals surface area (Å²) in [5, 5.41) is 2.84. The first-order valence-corrected chi connectivity index (χ1v) is 6.42. The summed E-state index contributed by atoms with van der Waals surface area (Å²) >= 11 is 3.33. The molecule has 2 amide bonds. The van der Waals surface area contributed by atoms with Crippen LogP contribution in [-0.2, 0) is 0 Å². The number of nitrogens with zero attached hydrogens (tertiary/aromatic N) is 1. The van der Waals surface area contributed by atoms with Gasteiger partial charge in [0.15, 0.2) is 0 Å². The number of nitrogen functional groups attached to an aromatic ring is 1. The molecule has 0 saturated carbocycles. The Morgan fingerprint density at radius 1 is 1.53 bits per heavy atom. The number of hydrogen-bond acceptors (Lipinski definition) is 2. The lowest BCUT2D eigenvalue weighted by atomic mass is 10.2. The van der Waals surface area contributed by atoms with Gasteiger partial charge in [-0.3, -0.25) is 4.90 Å². The van der Waals surface area contributed by atoms with E-state index in [1.54, 1.807) is 13.1 Å². The molecule has 0 spiro atoms. The molecule has 0 unspecified atom stereocenters. The van der Waals surface area contributed by atoms with Crippen molar-refractivity contribution in [1.29, 1.82) is 0 Å². The zero-order valence-corrected chi connectivity index (χ0v) is 11.8. The first kappa shape index (κ1) is 13.8. The first-order valence-electron chi connectivity index (χ1n) is 5.62. The summed E-state index contributed by atoms with van der Waals surface area (Å²) in [4.78, 5) is 13.3. The van der Waals surface area contributed by atoms with Crippen LogP contribution in [0.5, 0.6) is 0 Å². The summed E-state index contributed by atoms with van der Waals surface area (Å²) in [6.07, 6.45) is 2.04. The maximum Gasteiger partial charge on any atom is 0.321 e. The van der Waals surface area contributed by atoms with Crippen LogP contribution >= 0.6 is 15.9 Å². The number of rotatable bonds is 4. The predicted octanol–water partition coefficient (Wildman–Crippen LogP) is 2.98. The smallest absolute Gasteiger partial charge is 0.321 e. The van der Waals surface area contributed by atoms with Crippen LogP contribution in [0.2, 0.25) is 0 Å². The molecule has 0 aliphatic heterocycles. The lowest BCUT2D eigenvalue weighted by Gasteiger charge is -2.19. The third kappa shape index (κ3) is 3.93. The van der Waals surface area contributed by atoms with Crippen LogP contribution in [0.4, 0.5) is 16.2 Å². The quantitative estimate of drug-likeness (QED) is 0.663. The van der Waals surface area contributed by atoms with E-state index in [1.807, 2.05) is 12.1 Å². The number of halogens is 1. The van der Waals surface area contributed by atoms with E-state index >= 15 is 0 Å². The molecule has 0 fully saturated rings. The highest BCUT2D eigenvalue weighted by molar-refractivity contribution is 9.10. The van der Waals surface area contributed by atoms with Crippen molar-refractivity contribution in [1.82, 2.24) is 5.32 Å². The Morgan fingerprint density at radius 2 is 2.24 bits per heavy atom. The Balaban J connectivity index is 2.68. The second-order valence-corrected chi connectivity index (χ2v) is 4.76. The molecule has 5 heteroatoms. The zero-order chi connectivity index (χ0) is 12.8. The molecule has 0 aliphatic rings. The molecule has 0 aliphatic carbocycles. The monoisotopic (exact) mass is 299 g/mol. The van der Waals surface area contributed by atoms with E-state index < -0.39 is 0 Å². The minimum Gasteiger partial charge on any atom is -0.397 e. The van der Waals surface area contributed by atoms with E-state index in [9.17, 15) is 4.79 Å². The molecule has 1 aromatic rings. The number of anilines is 2. The van der Waals surface area contributed by atoms with Gasteiger partial charge in [-0.25, -0.2) is 4.79 Å². The number of urea groups is 1. The van der Waals surface area contributed by atoms with Gasteiger partial charge < -0.3 is 11.1 Å². The Morgan fingerprint density at radius 3 is 2.82 bits per heavy atom. The van der Waals surface area contributed by atoms with Crippen molar-refractivity contribution in [3.05, 3.63) is 22.7 Å². The molecular formula is C12H18BrN3O. The van der Waals surface area contributed by atoms with Gasteiger partial charge in [0.05, 0.1) is 11.4 Å². The Bertz CT molecular complexity index is 395. The van der Waals surface area contributed by atoms with E-state index in [0.29, 0.717) is 17.9 Å². The highest BCUT2D eigenvalue weighted by Gasteiger charge is 2.12. The minimum absolute atomic E-state index is 0.132. The first-order chi connectivity index (χ1) is 8.06. The molecular weight excluding hydrogens is 282 g/mol. The van der Waals surface area contributed by atoms with Crippen molar-refractivity contribution in [2.45, 2.75) is 19.8 Å². The third-order valence-electron chi connectivity index (χ3n) is 2.46. The molecule has 17 heavy (non-hydrogen) atoms. The van der Waals surface area contributed by atoms with Crippen molar-refractivity contribution in [2.75, 3.05) is 24.2 Å². The van der Waals surface area contributed by atoms with Crippen molar-refractivity contribution in [2.24, 2.45) is 0 Å². The summed E-state index contributed by atoms with van der Waals surface area (Å²) < 4.78 is 0.901. The average Bonchev–Trinajstić information content (AvgIpc) is 2.28. The van der Waals surface area contributed by atoms with Gasteiger partial charge in [0, 0.05) is 18.1 Å². The fourth-order valence-electron chi connectivity index (χ4n) is 1.43. The summed E-state index contributed by atoms with van der Waals surface area (Å²) in [7, 11) is 1.71. The molecule has 0 aromatic heterocycles. The van der Waals surface area contributed by atoms with E-state index in [1.165, 1.54) is 4.90 Å². The van der Waals surface area contributed by atoms with Crippen LogP contribution < -0.4 is 16.0 Å². The largest absolute Gasteiger partial charge is 0.397 e. The van der Waals surface area contributed by atoms with Gasteiger partial charge in [-0.2, -0.15) is 0 Å². The van der Waals surface area contributed by atoms with Crippen molar-refractivity contribution >= 4 is 33.3 Å². The van der Waals surface area contributed by atoms with Crippen LogP contribution in [0.1, 0.15) is 19.8 Å². The highest BCUT2D eigenvalue weighted by atomic mass is 79.9. The van der Waals surface area contributed by atoms with Gasteiger partial charge in [0.25, 0.3) is 0 Å². The van der Waals surface area contributed by atoms with E-state index in [-0.39, 0.29) is 6.03 Å². The second-order valence-electron chi connectivity index (χ2n) is 3.85. The molecule has 1 rings (SSSR count). The van der Waals surface area contributed by atoms with Crippen LogP contribution in [0.15, 0.2) is 22.7 Å². The normalized spacial score (nSPS) is 10.1. The Hall–Kier alpha value is -1.23. The predicted molar refractivity (Wildman–Crippen MR) is 75.3 cm³/mol. The van der Waals surface area contributed by atoms with Crippen LogP contribution in [0.25, 0.3) is 0 Å². The number of hydrogen-bond donors (Lipinski definition) is 2. The number of unbranched alkanes of at least 4 members (excludes halogenated alkanes) is 1. The van der Waals surface area contributed by atoms with Gasteiger partial charge >= 0.3 is 6.03 Å². The van der Waals surface area contributed by atoms with Gasteiger partial charge in [0.1, 0.15) is 0 Å². The van der Waals surface area contributed by atoms with E-state index in [4.69, 9.17) is 5.73 Å². The van der Waals surface area contributed by atoms with Crippen molar-refractivity contribution < 1.29 is 4.79 Å². The summed E-state index contributed by atoms with van der Waals surface area (Å²) in [5.74, 6) is 0. The molecule has 0 bridgehead atoms. The SMILES string of the molecule is CCCCNC(=O)N(C)c1ccc(Br)cc1N. The molecule has 4 nitrogen and oxygen atoms in total. The molecule has 0 radical (unpaired) electrons. The topological polar surface area (TPSA) is 58.4 Å². The van der Waals surface area contributed by atoms with Gasteiger partial charge in [-0.1, -0.05) is 29.3 Å². The summed E-state index contributed by atoms with van der Waals surface area (Å²) in [6.45, 7) is 2.78. The maximum atomic E-state index is 11.8. The maximum absolute atomic E-state index is 11.8. The van der Waals surface area contributed by atoms with Crippen LogP contribution in [-0.4, -0.2) is 19.6 Å². The number of benzene rings is 1. The van der Waals surface area contributed by atoms with E-state index in [2.05, 4.69) is 28.2 Å². The molecule has 94 valence electrons. The molecule has 3 N–H and O–H groups in total. The zero-order valence-electron chi connectivity index (χ0n) is 10.2. The number of carbonyl (C=O) groups is 1. The highest BCUT2D eigenvalue weighted by Crippen LogP contribution is 2.25. The lowest BCUT2D eigenvalue weighted by molar-refractivity contribution is 0.247.